The number of rotatable bonds is 20. The van der Waals surface area contributed by atoms with Gasteiger partial charge in [-0.25, -0.2) is 18.3 Å². The molecule has 20 nitrogen and oxygen atoms in total. The summed E-state index contributed by atoms with van der Waals surface area (Å²) in [6, 6.07) is 13.2. The normalized spacial score (nSPS) is 25.9. The number of Topliss-reactive ketones (excluding diaryl/α,β-unsaturated/α-hetero) is 2. The third kappa shape index (κ3) is 8.82. The van der Waals surface area contributed by atoms with E-state index in [1.807, 2.05) is 0 Å². The summed E-state index contributed by atoms with van der Waals surface area (Å²) in [6.07, 6.45) is -11.3. The van der Waals surface area contributed by atoms with E-state index >= 15 is 0 Å². The minimum Gasteiger partial charge on any atom is -0.376 e. The van der Waals surface area contributed by atoms with E-state index < -0.39 is 78.5 Å². The molecule has 52 heavy (non-hydrogen) atoms. The number of carbonyl (C=O) groups excluding carboxylic acids is 2. The Bertz CT molecular complexity index is 1500. The van der Waals surface area contributed by atoms with Gasteiger partial charge in [0.15, 0.2) is 22.8 Å². The van der Waals surface area contributed by atoms with E-state index in [0.29, 0.717) is 0 Å². The Morgan fingerprint density at radius 2 is 0.635 bits per heavy atom. The lowest BCUT2D eigenvalue weighted by molar-refractivity contribution is -0.257. The van der Waals surface area contributed by atoms with E-state index in [1.54, 1.807) is 0 Å². The Labute approximate surface area is 299 Å². The monoisotopic (exact) mass is 820 g/mol. The van der Waals surface area contributed by atoms with Gasteiger partial charge in [0, 0.05) is 68.0 Å². The highest BCUT2D eigenvalue weighted by atomic mass is 31.2. The van der Waals surface area contributed by atoms with E-state index in [4.69, 9.17) is 54.3 Å². The van der Waals surface area contributed by atoms with Crippen molar-refractivity contribution in [3.05, 3.63) is 71.8 Å². The second kappa shape index (κ2) is 17.7. The van der Waals surface area contributed by atoms with E-state index in [-0.39, 0.29) is 11.1 Å². The summed E-state index contributed by atoms with van der Waals surface area (Å²) in [5, 5.41) is 25.9. The first-order valence-electron chi connectivity index (χ1n) is 14.6. The summed E-state index contributed by atoms with van der Waals surface area (Å²) < 4.78 is 117. The van der Waals surface area contributed by atoms with Crippen molar-refractivity contribution in [3.63, 3.8) is 0 Å². The molecule has 0 aromatic heterocycles. The molecule has 0 radical (unpaired) electrons. The van der Waals surface area contributed by atoms with Crippen LogP contribution < -0.4 is 0 Å². The van der Waals surface area contributed by atoms with Crippen molar-refractivity contribution in [1.29, 1.82) is 0 Å². The van der Waals surface area contributed by atoms with E-state index in [9.17, 15) is 38.1 Å². The molecule has 1 fully saturated rings. The molecule has 0 aliphatic heterocycles. The molecular weight excluding hydrogens is 780 g/mol. The van der Waals surface area contributed by atoms with Gasteiger partial charge in [-0.1, -0.05) is 60.7 Å². The van der Waals surface area contributed by atoms with Gasteiger partial charge < -0.3 is 10.2 Å². The highest BCUT2D eigenvalue weighted by molar-refractivity contribution is 7.49. The maximum atomic E-state index is 14.7. The molecule has 24 heteroatoms. The van der Waals surface area contributed by atoms with Crippen LogP contribution in [0.2, 0.25) is 0 Å². The van der Waals surface area contributed by atoms with Crippen LogP contribution in [0.15, 0.2) is 60.7 Å². The molecule has 6 atom stereocenters. The lowest BCUT2D eigenvalue weighted by Crippen LogP contribution is -2.81. The number of hydrogen-bond donors (Lipinski definition) is 2. The predicted molar refractivity (Wildman–Crippen MR) is 177 cm³/mol. The summed E-state index contributed by atoms with van der Waals surface area (Å²) in [4.78, 5) is 29.5. The predicted octanol–water partition coefficient (Wildman–Crippen LogP) is 4.37. The van der Waals surface area contributed by atoms with Gasteiger partial charge in [0.25, 0.3) is 0 Å². The molecule has 0 amide bonds. The van der Waals surface area contributed by atoms with Gasteiger partial charge in [-0.15, -0.1) is 0 Å². The number of benzene rings is 2. The topological polar surface area (TPSA) is 254 Å². The molecule has 0 saturated heterocycles. The zero-order chi connectivity index (χ0) is 39.2. The number of aliphatic hydroxyl groups is 2. The molecule has 2 aromatic carbocycles. The van der Waals surface area contributed by atoms with Crippen LogP contribution in [0.5, 0.6) is 0 Å². The van der Waals surface area contributed by atoms with Crippen molar-refractivity contribution in [3.8, 4) is 0 Å². The SMILES string of the molecule is COP(=O)(OC)O[C@@H]1[C@@H](OP(=O)(OC)OC)[C@@](O)(C(=O)c2ccccc2)[C@@H](OP(=O)(OC)OC)[C@@H](OP(=O)(OC)OC)[C@]1(O)C(=O)c1ccccc1. The van der Waals surface area contributed by atoms with Crippen molar-refractivity contribution in [2.45, 2.75) is 35.6 Å². The van der Waals surface area contributed by atoms with Crippen LogP contribution in [0, 0.1) is 0 Å². The lowest BCUT2D eigenvalue weighted by Gasteiger charge is -2.56. The number of ketones is 2. The van der Waals surface area contributed by atoms with E-state index in [2.05, 4.69) is 0 Å². The van der Waals surface area contributed by atoms with E-state index in [1.165, 1.54) is 60.7 Å². The van der Waals surface area contributed by atoms with Crippen LogP contribution in [0.1, 0.15) is 20.7 Å². The zero-order valence-corrected chi connectivity index (χ0v) is 32.7. The third-order valence-corrected chi connectivity index (χ3v) is 13.4. The van der Waals surface area contributed by atoms with Crippen LogP contribution in [-0.2, 0) is 72.5 Å². The van der Waals surface area contributed by atoms with Gasteiger partial charge in [0.2, 0.25) is 0 Å². The second-order valence-corrected chi connectivity index (χ2v) is 17.7. The summed E-state index contributed by atoms with van der Waals surface area (Å²) in [6.45, 7) is 0. The first-order valence-corrected chi connectivity index (χ1v) is 20.5. The van der Waals surface area contributed by atoms with Crippen molar-refractivity contribution >= 4 is 42.9 Å². The third-order valence-electron chi connectivity index (χ3n) is 7.84. The van der Waals surface area contributed by atoms with Crippen LogP contribution >= 0.6 is 31.3 Å². The zero-order valence-electron chi connectivity index (χ0n) is 29.1. The average molecular weight is 821 g/mol. The van der Waals surface area contributed by atoms with Gasteiger partial charge in [0.05, 0.1) is 0 Å². The molecule has 0 spiro atoms. The van der Waals surface area contributed by atoms with Crippen molar-refractivity contribution < 1.29 is 92.3 Å². The molecule has 292 valence electrons. The van der Waals surface area contributed by atoms with Crippen molar-refractivity contribution in [2.75, 3.05) is 56.9 Å². The fourth-order valence-electron chi connectivity index (χ4n) is 5.15. The Morgan fingerprint density at radius 3 is 0.808 bits per heavy atom. The lowest BCUT2D eigenvalue weighted by atomic mass is 9.63. The summed E-state index contributed by atoms with van der Waals surface area (Å²) >= 11 is 0. The molecule has 1 saturated carbocycles. The number of phosphoric acid groups is 4. The second-order valence-electron chi connectivity index (χ2n) is 10.4. The maximum absolute atomic E-state index is 14.7. The summed E-state index contributed by atoms with van der Waals surface area (Å²) in [5.41, 5.74) is -8.00. The highest BCUT2D eigenvalue weighted by Crippen LogP contribution is 2.63. The number of phosphoric ester groups is 4. The molecule has 0 heterocycles. The minimum absolute atomic E-state index is 0.373. The van der Waals surface area contributed by atoms with Gasteiger partial charge in [-0.05, 0) is 0 Å². The summed E-state index contributed by atoms with van der Waals surface area (Å²) in [7, 11) is -13.5. The Kier molecular flexibility index (Phi) is 15.2. The van der Waals surface area contributed by atoms with Crippen LogP contribution in [0.4, 0.5) is 0 Å². The Hall–Kier alpha value is -1.86. The molecule has 1 aliphatic rings. The average Bonchev–Trinajstić information content (AvgIpc) is 3.19. The molecule has 0 unspecified atom stereocenters. The fraction of sp³-hybridized carbons (Fsp3) is 0.500. The largest absolute Gasteiger partial charge is 0.474 e. The van der Waals surface area contributed by atoms with Crippen LogP contribution in [0.25, 0.3) is 0 Å². The Morgan fingerprint density at radius 1 is 0.442 bits per heavy atom. The Balaban J connectivity index is 2.69. The minimum atomic E-state index is -5.02. The van der Waals surface area contributed by atoms with Crippen LogP contribution in [0.3, 0.4) is 0 Å². The molecule has 2 aromatic rings. The molecular formula is C28H40O20P4. The fourth-order valence-corrected chi connectivity index (χ4v) is 8.63. The van der Waals surface area contributed by atoms with Gasteiger partial charge >= 0.3 is 31.3 Å². The van der Waals surface area contributed by atoms with Gasteiger partial charge in [0.1, 0.15) is 24.4 Å². The van der Waals surface area contributed by atoms with Crippen molar-refractivity contribution in [1.82, 2.24) is 0 Å². The van der Waals surface area contributed by atoms with E-state index in [0.717, 1.165) is 56.9 Å². The summed E-state index contributed by atoms with van der Waals surface area (Å²) in [5.74, 6) is -2.93. The van der Waals surface area contributed by atoms with Gasteiger partial charge in [-0.2, -0.15) is 0 Å². The first kappa shape index (κ1) is 44.5. The number of hydrogen-bond acceptors (Lipinski definition) is 20. The van der Waals surface area contributed by atoms with Crippen LogP contribution in [-0.4, -0.2) is 114 Å². The maximum Gasteiger partial charge on any atom is 0.474 e. The smallest absolute Gasteiger partial charge is 0.376 e. The molecule has 2 N–H and O–H groups in total. The standard InChI is InChI=1S/C28H40O20P4/c1-37-49(33,38-2)45-23-24(46-50(34,39-3)40-4)28(32,22(30)20-17-13-10-14-18-20)26(48-52(36,43-7)44-8)25(47-51(35,41-5)42-6)27(23,31)21(29)19-15-11-9-12-16-19/h9-18,23-26,31-32H,1-8H3/t23-,24-,25-,26+,27+,28+/m1/s1. The van der Waals surface area contributed by atoms with Gasteiger partial charge in [-0.3, -0.25) is 63.9 Å². The quantitative estimate of drug-likeness (QED) is 0.139. The number of carbonyl (C=O) groups is 2. The molecule has 0 bridgehead atoms. The molecule has 1 aliphatic carbocycles. The van der Waals surface area contributed by atoms with Crippen molar-refractivity contribution in [2.24, 2.45) is 0 Å². The first-order chi connectivity index (χ1) is 24.4. The highest BCUT2D eigenvalue weighted by Gasteiger charge is 2.76. The molecule has 3 rings (SSSR count).